The Morgan fingerprint density at radius 1 is 1.00 bits per heavy atom. The van der Waals surface area contributed by atoms with Gasteiger partial charge in [0.2, 0.25) is 0 Å². The van der Waals surface area contributed by atoms with E-state index in [1.165, 1.54) is 17.3 Å². The number of Topliss-reactive ketones (excluding diaryl/α,β-unsaturated/α-hetero) is 1. The molecular formula is C28H32N4O5. The maximum atomic E-state index is 13.2. The highest BCUT2D eigenvalue weighted by molar-refractivity contribution is 6.46. The molecule has 9 nitrogen and oxygen atoms in total. The number of carbonyl (C=O) groups excluding carboxylic acids is 2. The predicted octanol–water partition coefficient (Wildman–Crippen LogP) is 4.37. The normalized spacial score (nSPS) is 16.8. The number of hydrogen-bond donors (Lipinski definition) is 1. The topological polar surface area (TPSA) is 107 Å². The van der Waals surface area contributed by atoms with Crippen molar-refractivity contribution in [1.82, 2.24) is 19.4 Å². The molecule has 1 fully saturated rings. The van der Waals surface area contributed by atoms with E-state index in [0.717, 1.165) is 19.3 Å². The van der Waals surface area contributed by atoms with Crippen LogP contribution in [0.2, 0.25) is 0 Å². The average molecular weight is 505 g/mol. The van der Waals surface area contributed by atoms with Gasteiger partial charge in [0.15, 0.2) is 11.5 Å². The van der Waals surface area contributed by atoms with Gasteiger partial charge in [0.1, 0.15) is 5.76 Å². The lowest BCUT2D eigenvalue weighted by Crippen LogP contribution is -2.31. The van der Waals surface area contributed by atoms with E-state index in [4.69, 9.17) is 9.47 Å². The molecular weight excluding hydrogens is 472 g/mol. The number of rotatable bonds is 12. The standard InChI is InChI=1S/C28H32N4O5/c1-3-4-5-17-37-22-8-7-21(18-23(22)36-2)25-24(26(33)20-9-11-29-12-10-20)27(34)28(35)32(25)15-6-14-31-16-13-30-19-31/h7-13,16,18-19,25,33H,3-6,14-15,17H2,1-2H3/b26-24+. The number of aliphatic hydroxyl groups is 1. The highest BCUT2D eigenvalue weighted by atomic mass is 16.5. The van der Waals surface area contributed by atoms with Crippen molar-refractivity contribution in [2.45, 2.75) is 45.2 Å². The summed E-state index contributed by atoms with van der Waals surface area (Å²) in [6.45, 7) is 3.65. The van der Waals surface area contributed by atoms with E-state index in [1.807, 2.05) is 16.8 Å². The molecule has 1 aromatic carbocycles. The molecule has 0 aliphatic carbocycles. The van der Waals surface area contributed by atoms with E-state index in [2.05, 4.69) is 16.9 Å². The van der Waals surface area contributed by atoms with Crippen molar-refractivity contribution in [2.24, 2.45) is 0 Å². The first-order valence-electron chi connectivity index (χ1n) is 12.5. The van der Waals surface area contributed by atoms with Crippen LogP contribution in [-0.2, 0) is 16.1 Å². The summed E-state index contributed by atoms with van der Waals surface area (Å²) >= 11 is 0. The van der Waals surface area contributed by atoms with Gasteiger partial charge < -0.3 is 24.0 Å². The quantitative estimate of drug-likeness (QED) is 0.169. The Kier molecular flexibility index (Phi) is 8.56. The molecule has 1 aliphatic rings. The van der Waals surface area contributed by atoms with Crippen LogP contribution in [-0.4, -0.2) is 56.5 Å². The second kappa shape index (κ2) is 12.2. The molecule has 1 saturated heterocycles. The number of nitrogens with zero attached hydrogens (tertiary/aromatic N) is 4. The Labute approximate surface area is 216 Å². The Bertz CT molecular complexity index is 1240. The Morgan fingerprint density at radius 2 is 1.81 bits per heavy atom. The first kappa shape index (κ1) is 25.9. The van der Waals surface area contributed by atoms with Crippen molar-refractivity contribution < 1.29 is 24.2 Å². The number of pyridine rings is 1. The molecule has 1 N–H and O–H groups in total. The zero-order valence-electron chi connectivity index (χ0n) is 21.2. The summed E-state index contributed by atoms with van der Waals surface area (Å²) in [4.78, 5) is 36.0. The first-order valence-corrected chi connectivity index (χ1v) is 12.5. The average Bonchev–Trinajstić information content (AvgIpc) is 3.53. The lowest BCUT2D eigenvalue weighted by atomic mass is 9.95. The smallest absolute Gasteiger partial charge is 0.295 e. The van der Waals surface area contributed by atoms with Gasteiger partial charge in [-0.05, 0) is 42.7 Å². The molecule has 3 heterocycles. The number of aromatic nitrogens is 3. The fraction of sp³-hybridized carbons (Fsp3) is 0.357. The van der Waals surface area contributed by atoms with Crippen LogP contribution in [0.3, 0.4) is 0 Å². The number of imidazole rings is 1. The zero-order valence-corrected chi connectivity index (χ0v) is 21.2. The maximum Gasteiger partial charge on any atom is 0.295 e. The van der Waals surface area contributed by atoms with Crippen molar-refractivity contribution in [3.63, 3.8) is 0 Å². The number of unbranched alkanes of at least 4 members (excludes halogenated alkanes) is 2. The van der Waals surface area contributed by atoms with Crippen LogP contribution in [0.5, 0.6) is 11.5 Å². The third-order valence-corrected chi connectivity index (χ3v) is 6.38. The van der Waals surface area contributed by atoms with Crippen molar-refractivity contribution in [3.8, 4) is 11.5 Å². The highest BCUT2D eigenvalue weighted by Crippen LogP contribution is 2.42. The number of ketones is 1. The van der Waals surface area contributed by atoms with E-state index in [1.54, 1.807) is 43.9 Å². The second-order valence-corrected chi connectivity index (χ2v) is 8.85. The largest absolute Gasteiger partial charge is 0.507 e. The van der Waals surface area contributed by atoms with Crippen LogP contribution >= 0.6 is 0 Å². The summed E-state index contributed by atoms with van der Waals surface area (Å²) in [5.74, 6) is -0.511. The van der Waals surface area contributed by atoms with Crippen LogP contribution in [0.15, 0.2) is 67.0 Å². The van der Waals surface area contributed by atoms with Crippen molar-refractivity contribution in [2.75, 3.05) is 20.3 Å². The predicted molar refractivity (Wildman–Crippen MR) is 138 cm³/mol. The number of likely N-dealkylation sites (tertiary alicyclic amines) is 1. The van der Waals surface area contributed by atoms with Gasteiger partial charge in [-0.25, -0.2) is 4.98 Å². The first-order chi connectivity index (χ1) is 18.0. The zero-order chi connectivity index (χ0) is 26.2. The molecule has 9 heteroatoms. The van der Waals surface area contributed by atoms with Crippen LogP contribution in [0.25, 0.3) is 5.76 Å². The van der Waals surface area contributed by atoms with Gasteiger partial charge >= 0.3 is 0 Å². The summed E-state index contributed by atoms with van der Waals surface area (Å²) in [6.07, 6.45) is 12.0. The highest BCUT2D eigenvalue weighted by Gasteiger charge is 2.46. The third kappa shape index (κ3) is 5.82. The third-order valence-electron chi connectivity index (χ3n) is 6.38. The molecule has 194 valence electrons. The minimum absolute atomic E-state index is 0.0394. The Balaban J connectivity index is 1.69. The molecule has 1 unspecified atom stereocenters. The number of benzene rings is 1. The number of ether oxygens (including phenoxy) is 2. The van der Waals surface area contributed by atoms with Gasteiger partial charge in [-0.3, -0.25) is 14.6 Å². The molecule has 0 spiro atoms. The summed E-state index contributed by atoms with van der Waals surface area (Å²) < 4.78 is 13.4. The van der Waals surface area contributed by atoms with Crippen LogP contribution in [0.1, 0.15) is 49.8 Å². The van der Waals surface area contributed by atoms with Gasteiger partial charge in [0, 0.05) is 43.4 Å². The lowest BCUT2D eigenvalue weighted by molar-refractivity contribution is -0.139. The molecule has 0 bridgehead atoms. The van der Waals surface area contributed by atoms with E-state index < -0.39 is 17.7 Å². The number of amides is 1. The molecule has 0 radical (unpaired) electrons. The minimum atomic E-state index is -0.779. The summed E-state index contributed by atoms with van der Waals surface area (Å²) in [7, 11) is 1.55. The van der Waals surface area contributed by atoms with E-state index in [9.17, 15) is 14.7 Å². The molecule has 1 atom stereocenters. The van der Waals surface area contributed by atoms with E-state index >= 15 is 0 Å². The molecule has 4 rings (SSSR count). The molecule has 37 heavy (non-hydrogen) atoms. The summed E-state index contributed by atoms with van der Waals surface area (Å²) in [6, 6.07) is 7.81. The van der Waals surface area contributed by atoms with Gasteiger partial charge in [-0.15, -0.1) is 0 Å². The summed E-state index contributed by atoms with van der Waals surface area (Å²) in [5, 5.41) is 11.2. The van der Waals surface area contributed by atoms with Crippen LogP contribution in [0, 0.1) is 0 Å². The number of carbonyl (C=O) groups is 2. The number of hydrogen-bond acceptors (Lipinski definition) is 7. The fourth-order valence-corrected chi connectivity index (χ4v) is 4.47. The second-order valence-electron chi connectivity index (χ2n) is 8.85. The van der Waals surface area contributed by atoms with E-state index in [-0.39, 0.29) is 11.3 Å². The number of methoxy groups -OCH3 is 1. The van der Waals surface area contributed by atoms with Crippen molar-refractivity contribution in [1.29, 1.82) is 0 Å². The molecule has 1 amide bonds. The SMILES string of the molecule is CCCCCOc1ccc(C2/C(=C(\O)c3ccncc3)C(=O)C(=O)N2CCCn2ccnc2)cc1OC. The number of aryl methyl sites for hydroxylation is 1. The summed E-state index contributed by atoms with van der Waals surface area (Å²) in [5.41, 5.74) is 1.10. The maximum absolute atomic E-state index is 13.2. The van der Waals surface area contributed by atoms with Gasteiger partial charge in [-0.2, -0.15) is 0 Å². The van der Waals surface area contributed by atoms with Crippen molar-refractivity contribution in [3.05, 3.63) is 78.1 Å². The van der Waals surface area contributed by atoms with Crippen LogP contribution < -0.4 is 9.47 Å². The fourth-order valence-electron chi connectivity index (χ4n) is 4.47. The van der Waals surface area contributed by atoms with Gasteiger partial charge in [0.25, 0.3) is 11.7 Å². The van der Waals surface area contributed by atoms with Gasteiger partial charge in [-0.1, -0.05) is 25.8 Å². The molecule has 1 aliphatic heterocycles. The van der Waals surface area contributed by atoms with Crippen molar-refractivity contribution >= 4 is 17.4 Å². The molecule has 0 saturated carbocycles. The van der Waals surface area contributed by atoms with E-state index in [0.29, 0.717) is 48.7 Å². The molecule has 3 aromatic rings. The Morgan fingerprint density at radius 3 is 2.51 bits per heavy atom. The lowest BCUT2D eigenvalue weighted by Gasteiger charge is -2.26. The van der Waals surface area contributed by atoms with Crippen LogP contribution in [0.4, 0.5) is 0 Å². The Hall–Kier alpha value is -4.14. The number of aliphatic hydroxyl groups excluding tert-OH is 1. The monoisotopic (exact) mass is 504 g/mol. The molecule has 2 aromatic heterocycles. The minimum Gasteiger partial charge on any atom is -0.507 e. The van der Waals surface area contributed by atoms with Gasteiger partial charge in [0.05, 0.1) is 31.7 Å².